The number of nitrogens with one attached hydrogen (secondary N) is 1. The van der Waals surface area contributed by atoms with Crippen LogP contribution in [0.4, 0.5) is 0 Å². The molecule has 0 aliphatic heterocycles. The summed E-state index contributed by atoms with van der Waals surface area (Å²) in [7, 11) is 4.29. The zero-order chi connectivity index (χ0) is 10.1. The zero-order valence-electron chi connectivity index (χ0n) is 9.72. The second-order valence-electron chi connectivity index (χ2n) is 5.36. The monoisotopic (exact) mass is 184 g/mol. The van der Waals surface area contributed by atoms with Gasteiger partial charge in [0, 0.05) is 18.1 Å². The van der Waals surface area contributed by atoms with Gasteiger partial charge in [-0.15, -0.1) is 0 Å². The molecule has 0 radical (unpaired) electrons. The highest BCUT2D eigenvalue weighted by atomic mass is 15.2. The fourth-order valence-electron chi connectivity index (χ4n) is 1.62. The molecule has 1 saturated carbocycles. The molecule has 13 heavy (non-hydrogen) atoms. The van der Waals surface area contributed by atoms with Crippen LogP contribution in [0.25, 0.3) is 0 Å². The lowest BCUT2D eigenvalue weighted by Gasteiger charge is -2.39. The van der Waals surface area contributed by atoms with E-state index in [1.807, 2.05) is 0 Å². The van der Waals surface area contributed by atoms with Crippen LogP contribution >= 0.6 is 0 Å². The lowest BCUT2D eigenvalue weighted by Crippen LogP contribution is -2.51. The first-order valence-electron chi connectivity index (χ1n) is 5.32. The average molecular weight is 184 g/mol. The highest BCUT2D eigenvalue weighted by molar-refractivity contribution is 4.87. The Bertz CT molecular complexity index is 157. The molecule has 0 aromatic heterocycles. The van der Waals surface area contributed by atoms with Crippen molar-refractivity contribution >= 4 is 0 Å². The first-order valence-corrected chi connectivity index (χ1v) is 5.32. The minimum absolute atomic E-state index is 0.277. The summed E-state index contributed by atoms with van der Waals surface area (Å²) in [5, 5.41) is 3.63. The smallest absolute Gasteiger partial charge is 0.0271 e. The van der Waals surface area contributed by atoms with E-state index in [0.29, 0.717) is 0 Å². The van der Waals surface area contributed by atoms with Crippen molar-refractivity contribution in [2.45, 2.75) is 45.2 Å². The van der Waals surface area contributed by atoms with E-state index in [0.717, 1.165) is 18.5 Å². The van der Waals surface area contributed by atoms with Crippen molar-refractivity contribution in [3.05, 3.63) is 0 Å². The van der Waals surface area contributed by atoms with Crippen LogP contribution in [0.15, 0.2) is 0 Å². The van der Waals surface area contributed by atoms with E-state index in [1.165, 1.54) is 12.8 Å². The van der Waals surface area contributed by atoms with Crippen molar-refractivity contribution in [2.75, 3.05) is 20.6 Å². The van der Waals surface area contributed by atoms with Gasteiger partial charge in [0.15, 0.2) is 0 Å². The van der Waals surface area contributed by atoms with Gasteiger partial charge in [-0.05, 0) is 46.7 Å². The molecule has 0 saturated heterocycles. The summed E-state index contributed by atoms with van der Waals surface area (Å²) in [6.45, 7) is 7.98. The molecule has 1 rings (SSSR count). The fraction of sp³-hybridized carbons (Fsp3) is 1.00. The molecule has 0 amide bonds. The first-order chi connectivity index (χ1) is 5.92. The van der Waals surface area contributed by atoms with E-state index in [9.17, 15) is 0 Å². The number of nitrogens with zero attached hydrogens (tertiary/aromatic N) is 1. The highest BCUT2D eigenvalue weighted by Crippen LogP contribution is 2.26. The van der Waals surface area contributed by atoms with Crippen LogP contribution in [0.5, 0.6) is 0 Å². The van der Waals surface area contributed by atoms with Gasteiger partial charge in [-0.1, -0.05) is 6.92 Å². The molecule has 1 aliphatic carbocycles. The predicted octanol–water partition coefficient (Wildman–Crippen LogP) is 1.71. The molecule has 1 N–H and O–H groups in total. The van der Waals surface area contributed by atoms with Crippen LogP contribution in [0.3, 0.4) is 0 Å². The lowest BCUT2D eigenvalue weighted by atomic mass is 9.81. The van der Waals surface area contributed by atoms with Crippen molar-refractivity contribution in [3.8, 4) is 0 Å². The Morgan fingerprint density at radius 3 is 2.23 bits per heavy atom. The predicted molar refractivity (Wildman–Crippen MR) is 58.0 cm³/mol. The van der Waals surface area contributed by atoms with Crippen molar-refractivity contribution in [1.29, 1.82) is 0 Å². The molecule has 0 aromatic rings. The van der Waals surface area contributed by atoms with E-state index < -0.39 is 0 Å². The Kier molecular flexibility index (Phi) is 3.36. The summed E-state index contributed by atoms with van der Waals surface area (Å²) in [5.74, 6) is 0.944. The minimum Gasteiger partial charge on any atom is -0.312 e. The second-order valence-corrected chi connectivity index (χ2v) is 5.36. The van der Waals surface area contributed by atoms with Crippen LogP contribution in [-0.2, 0) is 0 Å². The Labute approximate surface area is 82.7 Å². The molecular formula is C11H24N2. The van der Waals surface area contributed by atoms with Crippen LogP contribution in [-0.4, -0.2) is 37.1 Å². The van der Waals surface area contributed by atoms with Crippen molar-refractivity contribution in [1.82, 2.24) is 10.2 Å². The maximum Gasteiger partial charge on any atom is 0.0271 e. The molecule has 0 aromatic carbocycles. The van der Waals surface area contributed by atoms with Gasteiger partial charge >= 0.3 is 0 Å². The minimum atomic E-state index is 0.277. The van der Waals surface area contributed by atoms with Crippen molar-refractivity contribution in [2.24, 2.45) is 5.92 Å². The molecule has 1 aliphatic rings. The van der Waals surface area contributed by atoms with E-state index in [4.69, 9.17) is 0 Å². The number of rotatable bonds is 4. The van der Waals surface area contributed by atoms with Gasteiger partial charge < -0.3 is 10.2 Å². The topological polar surface area (TPSA) is 15.3 Å². The summed E-state index contributed by atoms with van der Waals surface area (Å²) >= 11 is 0. The third-order valence-electron chi connectivity index (χ3n) is 3.41. The summed E-state index contributed by atoms with van der Waals surface area (Å²) in [6.07, 6.45) is 2.73. The van der Waals surface area contributed by atoms with Crippen molar-refractivity contribution in [3.63, 3.8) is 0 Å². The molecule has 78 valence electrons. The van der Waals surface area contributed by atoms with Crippen LogP contribution in [0.2, 0.25) is 0 Å². The van der Waals surface area contributed by atoms with Crippen LogP contribution in [0, 0.1) is 5.92 Å². The van der Waals surface area contributed by atoms with Gasteiger partial charge in [0.25, 0.3) is 0 Å². The molecule has 1 fully saturated rings. The molecular weight excluding hydrogens is 160 g/mol. The van der Waals surface area contributed by atoms with Gasteiger partial charge in [0.1, 0.15) is 0 Å². The van der Waals surface area contributed by atoms with Crippen molar-refractivity contribution < 1.29 is 0 Å². The third-order valence-corrected chi connectivity index (χ3v) is 3.41. The molecule has 0 heterocycles. The lowest BCUT2D eigenvalue weighted by molar-refractivity contribution is 0.159. The van der Waals surface area contributed by atoms with Crippen LogP contribution in [0.1, 0.15) is 33.6 Å². The SMILES string of the molecule is CC1CC(NCC(C)(C)N(C)C)C1. The van der Waals surface area contributed by atoms with E-state index in [-0.39, 0.29) is 5.54 Å². The quantitative estimate of drug-likeness (QED) is 0.715. The van der Waals surface area contributed by atoms with Gasteiger partial charge in [-0.2, -0.15) is 0 Å². The Morgan fingerprint density at radius 2 is 1.85 bits per heavy atom. The van der Waals surface area contributed by atoms with Gasteiger partial charge in [0.05, 0.1) is 0 Å². The largest absolute Gasteiger partial charge is 0.312 e. The summed E-state index contributed by atoms with van der Waals surface area (Å²) in [6, 6.07) is 0.786. The number of hydrogen-bond acceptors (Lipinski definition) is 2. The van der Waals surface area contributed by atoms with E-state index in [2.05, 4.69) is 45.1 Å². The van der Waals surface area contributed by atoms with Gasteiger partial charge in [0.2, 0.25) is 0 Å². The summed E-state index contributed by atoms with van der Waals surface area (Å²) in [5.41, 5.74) is 0.277. The van der Waals surface area contributed by atoms with Crippen LogP contribution < -0.4 is 5.32 Å². The fourth-order valence-corrected chi connectivity index (χ4v) is 1.62. The van der Waals surface area contributed by atoms with Gasteiger partial charge in [-0.25, -0.2) is 0 Å². The van der Waals surface area contributed by atoms with E-state index in [1.54, 1.807) is 0 Å². The normalized spacial score (nSPS) is 29.1. The second kappa shape index (κ2) is 3.97. The molecule has 2 nitrogen and oxygen atoms in total. The molecule has 0 unspecified atom stereocenters. The van der Waals surface area contributed by atoms with E-state index >= 15 is 0 Å². The standard InChI is InChI=1S/C11H24N2/c1-9-6-10(7-9)12-8-11(2,3)13(4)5/h9-10,12H,6-8H2,1-5H3. The number of likely N-dealkylation sites (N-methyl/N-ethyl adjacent to an activating group) is 1. The van der Waals surface area contributed by atoms with Gasteiger partial charge in [-0.3, -0.25) is 0 Å². The third kappa shape index (κ3) is 2.96. The number of hydrogen-bond donors (Lipinski definition) is 1. The molecule has 0 spiro atoms. The Morgan fingerprint density at radius 1 is 1.31 bits per heavy atom. The summed E-state index contributed by atoms with van der Waals surface area (Å²) in [4.78, 5) is 2.28. The Balaban J connectivity index is 2.18. The molecule has 2 heteroatoms. The maximum atomic E-state index is 3.63. The molecule has 0 bridgehead atoms. The first kappa shape index (κ1) is 11.0. The Hall–Kier alpha value is -0.0800. The maximum absolute atomic E-state index is 3.63. The zero-order valence-corrected chi connectivity index (χ0v) is 9.72. The average Bonchev–Trinajstić information content (AvgIpc) is 1.95. The summed E-state index contributed by atoms with van der Waals surface area (Å²) < 4.78 is 0. The molecule has 0 atom stereocenters. The highest BCUT2D eigenvalue weighted by Gasteiger charge is 2.27.